The second kappa shape index (κ2) is 8.05. The molecular formula is C19H18N8S. The maximum absolute atomic E-state index is 5.86. The number of benzene rings is 2. The lowest BCUT2D eigenvalue weighted by Gasteiger charge is -2.09. The molecule has 0 fully saturated rings. The summed E-state index contributed by atoms with van der Waals surface area (Å²) >= 11 is 1.49. The zero-order chi connectivity index (χ0) is 19.3. The molecule has 140 valence electrons. The molecule has 2 aromatic heterocycles. The number of hydrogen-bond acceptors (Lipinski definition) is 8. The van der Waals surface area contributed by atoms with Crippen LogP contribution in [-0.2, 0) is 5.75 Å². The summed E-state index contributed by atoms with van der Waals surface area (Å²) in [4.78, 5) is 12.9. The first-order valence-corrected chi connectivity index (χ1v) is 9.60. The number of nitrogens with two attached hydrogens (primary N) is 1. The fraction of sp³-hybridized carbons (Fsp3) is 0.105. The molecular weight excluding hydrogens is 372 g/mol. The van der Waals surface area contributed by atoms with Gasteiger partial charge in [0.1, 0.15) is 11.6 Å². The zero-order valence-corrected chi connectivity index (χ0v) is 16.0. The first-order chi connectivity index (χ1) is 13.7. The van der Waals surface area contributed by atoms with Crippen molar-refractivity contribution in [1.82, 2.24) is 29.7 Å². The predicted octanol–water partition coefficient (Wildman–Crippen LogP) is 3.38. The molecule has 0 spiro atoms. The lowest BCUT2D eigenvalue weighted by Crippen LogP contribution is -2.07. The number of para-hydroxylation sites is 2. The highest BCUT2D eigenvalue weighted by Crippen LogP contribution is 2.24. The van der Waals surface area contributed by atoms with Gasteiger partial charge in [0.25, 0.3) is 0 Å². The Morgan fingerprint density at radius 3 is 2.39 bits per heavy atom. The average molecular weight is 390 g/mol. The number of nitrogen functional groups attached to an aromatic ring is 1. The van der Waals surface area contributed by atoms with Gasteiger partial charge in [-0.15, -0.1) is 10.2 Å². The van der Waals surface area contributed by atoms with E-state index in [4.69, 9.17) is 5.73 Å². The summed E-state index contributed by atoms with van der Waals surface area (Å²) in [7, 11) is 0. The molecule has 0 saturated heterocycles. The standard InChI is InChI=1S/C19H18N8S/c1-13-25-26-19(27(13)15-10-6-3-7-11-15)28-12-16-22-17(20)24-18(23-16)21-14-8-4-2-5-9-14/h2-11H,12H2,1H3,(H3,20,21,22,23,24). The number of nitrogens with one attached hydrogen (secondary N) is 1. The third-order valence-electron chi connectivity index (χ3n) is 3.87. The van der Waals surface area contributed by atoms with Crippen molar-refractivity contribution in [3.63, 3.8) is 0 Å². The van der Waals surface area contributed by atoms with Gasteiger partial charge in [-0.1, -0.05) is 48.2 Å². The van der Waals surface area contributed by atoms with E-state index in [1.54, 1.807) is 0 Å². The number of aryl methyl sites for hydroxylation is 1. The molecule has 4 rings (SSSR count). The van der Waals surface area contributed by atoms with Crippen LogP contribution >= 0.6 is 11.8 Å². The van der Waals surface area contributed by atoms with Gasteiger partial charge in [-0.3, -0.25) is 4.57 Å². The van der Waals surface area contributed by atoms with Crippen LogP contribution < -0.4 is 11.1 Å². The molecule has 8 nitrogen and oxygen atoms in total. The number of aromatic nitrogens is 6. The minimum absolute atomic E-state index is 0.171. The summed E-state index contributed by atoms with van der Waals surface area (Å²) in [5.41, 5.74) is 7.75. The van der Waals surface area contributed by atoms with Crippen LogP contribution in [0, 0.1) is 6.92 Å². The molecule has 0 amide bonds. The Morgan fingerprint density at radius 1 is 0.929 bits per heavy atom. The van der Waals surface area contributed by atoms with E-state index in [1.807, 2.05) is 72.2 Å². The first-order valence-electron chi connectivity index (χ1n) is 8.62. The summed E-state index contributed by atoms with van der Waals surface area (Å²) in [6.07, 6.45) is 0. The van der Waals surface area contributed by atoms with Gasteiger partial charge in [-0.05, 0) is 31.2 Å². The average Bonchev–Trinajstić information content (AvgIpc) is 3.08. The van der Waals surface area contributed by atoms with Crippen LogP contribution in [0.15, 0.2) is 65.8 Å². The Kier molecular flexibility index (Phi) is 5.16. The number of thioether (sulfide) groups is 1. The fourth-order valence-corrected chi connectivity index (χ4v) is 3.50. The molecule has 2 heterocycles. The second-order valence-corrected chi connectivity index (χ2v) is 6.86. The minimum atomic E-state index is 0.171. The van der Waals surface area contributed by atoms with E-state index in [0.29, 0.717) is 17.5 Å². The highest BCUT2D eigenvalue weighted by Gasteiger charge is 2.13. The van der Waals surface area contributed by atoms with Crippen molar-refractivity contribution in [2.24, 2.45) is 0 Å². The topological polar surface area (TPSA) is 107 Å². The van der Waals surface area contributed by atoms with Crippen molar-refractivity contribution < 1.29 is 0 Å². The van der Waals surface area contributed by atoms with E-state index in [2.05, 4.69) is 30.5 Å². The molecule has 4 aromatic rings. The largest absolute Gasteiger partial charge is 0.368 e. The number of hydrogen-bond donors (Lipinski definition) is 2. The normalized spacial score (nSPS) is 10.8. The number of nitrogens with zero attached hydrogens (tertiary/aromatic N) is 6. The smallest absolute Gasteiger partial charge is 0.232 e. The molecule has 0 saturated carbocycles. The van der Waals surface area contributed by atoms with Crippen LogP contribution in [0.3, 0.4) is 0 Å². The minimum Gasteiger partial charge on any atom is -0.368 e. The Labute approximate surface area is 166 Å². The second-order valence-electron chi connectivity index (χ2n) is 5.91. The summed E-state index contributed by atoms with van der Waals surface area (Å²) in [5.74, 6) is 2.45. The Balaban J connectivity index is 1.53. The monoisotopic (exact) mass is 390 g/mol. The van der Waals surface area contributed by atoms with Gasteiger partial charge >= 0.3 is 0 Å². The molecule has 0 aliphatic heterocycles. The summed E-state index contributed by atoms with van der Waals surface area (Å²) in [6.45, 7) is 1.92. The van der Waals surface area contributed by atoms with Crippen molar-refractivity contribution >= 4 is 29.3 Å². The molecule has 0 radical (unpaired) electrons. The van der Waals surface area contributed by atoms with Gasteiger partial charge in [0.15, 0.2) is 5.16 Å². The fourth-order valence-electron chi connectivity index (χ4n) is 2.65. The zero-order valence-electron chi connectivity index (χ0n) is 15.1. The maximum Gasteiger partial charge on any atom is 0.232 e. The molecule has 0 bridgehead atoms. The molecule has 3 N–H and O–H groups in total. The van der Waals surface area contributed by atoms with Gasteiger partial charge in [-0.2, -0.15) is 15.0 Å². The van der Waals surface area contributed by atoms with Crippen molar-refractivity contribution in [3.05, 3.63) is 72.3 Å². The molecule has 28 heavy (non-hydrogen) atoms. The Hall–Kier alpha value is -3.46. The van der Waals surface area contributed by atoms with Crippen molar-refractivity contribution in [2.45, 2.75) is 17.8 Å². The van der Waals surface area contributed by atoms with E-state index in [-0.39, 0.29) is 5.95 Å². The highest BCUT2D eigenvalue weighted by atomic mass is 32.2. The van der Waals surface area contributed by atoms with Gasteiger partial charge in [0.2, 0.25) is 11.9 Å². The van der Waals surface area contributed by atoms with Gasteiger partial charge in [0.05, 0.1) is 5.75 Å². The van der Waals surface area contributed by atoms with Crippen LogP contribution in [0.25, 0.3) is 5.69 Å². The lowest BCUT2D eigenvalue weighted by molar-refractivity contribution is 0.865. The molecule has 9 heteroatoms. The van der Waals surface area contributed by atoms with Crippen LogP contribution in [0.2, 0.25) is 0 Å². The predicted molar refractivity (Wildman–Crippen MR) is 110 cm³/mol. The van der Waals surface area contributed by atoms with Gasteiger partial charge in [-0.25, -0.2) is 0 Å². The summed E-state index contributed by atoms with van der Waals surface area (Å²) < 4.78 is 2.00. The quantitative estimate of drug-likeness (QED) is 0.483. The molecule has 2 aromatic carbocycles. The van der Waals surface area contributed by atoms with E-state index < -0.39 is 0 Å². The lowest BCUT2D eigenvalue weighted by atomic mass is 10.3. The van der Waals surface area contributed by atoms with Crippen LogP contribution in [-0.4, -0.2) is 29.7 Å². The van der Waals surface area contributed by atoms with E-state index in [1.165, 1.54) is 11.8 Å². The summed E-state index contributed by atoms with van der Waals surface area (Å²) in [5, 5.41) is 12.4. The number of anilines is 3. The SMILES string of the molecule is Cc1nnc(SCc2nc(N)nc(Nc3ccccc3)n2)n1-c1ccccc1. The van der Waals surface area contributed by atoms with Crippen LogP contribution in [0.5, 0.6) is 0 Å². The molecule has 0 aliphatic carbocycles. The Morgan fingerprint density at radius 2 is 1.64 bits per heavy atom. The molecule has 0 aliphatic rings. The van der Waals surface area contributed by atoms with Gasteiger partial charge < -0.3 is 11.1 Å². The van der Waals surface area contributed by atoms with Crippen LogP contribution in [0.1, 0.15) is 11.6 Å². The van der Waals surface area contributed by atoms with Crippen molar-refractivity contribution in [1.29, 1.82) is 0 Å². The Bertz CT molecular complexity index is 1070. The summed E-state index contributed by atoms with van der Waals surface area (Å²) in [6, 6.07) is 19.6. The number of rotatable bonds is 6. The van der Waals surface area contributed by atoms with Crippen molar-refractivity contribution in [2.75, 3.05) is 11.1 Å². The molecule has 0 atom stereocenters. The first kappa shape index (κ1) is 17.9. The third kappa shape index (κ3) is 4.09. The third-order valence-corrected chi connectivity index (χ3v) is 4.79. The van der Waals surface area contributed by atoms with E-state index >= 15 is 0 Å². The highest BCUT2D eigenvalue weighted by molar-refractivity contribution is 7.98. The molecule has 0 unspecified atom stereocenters. The van der Waals surface area contributed by atoms with Crippen molar-refractivity contribution in [3.8, 4) is 5.69 Å². The van der Waals surface area contributed by atoms with Gasteiger partial charge in [0, 0.05) is 11.4 Å². The van der Waals surface area contributed by atoms with E-state index in [0.717, 1.165) is 22.4 Å². The van der Waals surface area contributed by atoms with Crippen LogP contribution in [0.4, 0.5) is 17.6 Å². The van der Waals surface area contributed by atoms with E-state index in [9.17, 15) is 0 Å². The maximum atomic E-state index is 5.86.